The van der Waals surface area contributed by atoms with E-state index in [9.17, 15) is 20.4 Å². The molecule has 0 bridgehead atoms. The fourth-order valence-electron chi connectivity index (χ4n) is 6.09. The van der Waals surface area contributed by atoms with Gasteiger partial charge in [0.25, 0.3) is 0 Å². The molecule has 40 heavy (non-hydrogen) atoms. The van der Waals surface area contributed by atoms with E-state index >= 15 is 0 Å². The standard InChI is InChI=1S/C35H57NO4/c1-8-9-10-11-12-13-17-20-35(40,27-18-15-14-16-19-27)34(24-37,25-38)31(39)30-28(32(2,3)4)21-26(23-36)22-29(30)33(5,6)7/h14-16,18-19,21-22,31,37-40H,8-13,17,20,23-25,36H2,1-7H3. The Morgan fingerprint density at radius 1 is 0.750 bits per heavy atom. The van der Waals surface area contributed by atoms with Crippen LogP contribution in [0.25, 0.3) is 0 Å². The highest BCUT2D eigenvalue weighted by Crippen LogP contribution is 2.54. The first-order valence-corrected chi connectivity index (χ1v) is 15.3. The molecular weight excluding hydrogens is 498 g/mol. The van der Waals surface area contributed by atoms with E-state index in [1.807, 2.05) is 42.5 Å². The minimum absolute atomic E-state index is 0.319. The van der Waals surface area contributed by atoms with Gasteiger partial charge in [-0.05, 0) is 45.1 Å². The van der Waals surface area contributed by atoms with Gasteiger partial charge in [-0.2, -0.15) is 0 Å². The second-order valence-corrected chi connectivity index (χ2v) is 13.8. The fourth-order valence-corrected chi connectivity index (χ4v) is 6.09. The third-order valence-corrected chi connectivity index (χ3v) is 8.67. The smallest absolute Gasteiger partial charge is 0.102 e. The largest absolute Gasteiger partial charge is 0.395 e. The molecule has 6 N–H and O–H groups in total. The number of hydrogen-bond donors (Lipinski definition) is 5. The van der Waals surface area contributed by atoms with Gasteiger partial charge in [0.1, 0.15) is 5.60 Å². The van der Waals surface area contributed by atoms with E-state index in [1.165, 1.54) is 19.3 Å². The summed E-state index contributed by atoms with van der Waals surface area (Å²) in [6.07, 6.45) is 6.49. The van der Waals surface area contributed by atoms with Crippen molar-refractivity contribution in [2.45, 2.75) is 129 Å². The summed E-state index contributed by atoms with van der Waals surface area (Å²) in [4.78, 5) is 0. The molecule has 0 saturated heterocycles. The molecule has 0 aliphatic carbocycles. The summed E-state index contributed by atoms with van der Waals surface area (Å²) in [6, 6.07) is 13.3. The summed E-state index contributed by atoms with van der Waals surface area (Å²) in [6.45, 7) is 13.9. The van der Waals surface area contributed by atoms with E-state index in [0.717, 1.165) is 42.4 Å². The van der Waals surface area contributed by atoms with Crippen molar-refractivity contribution in [3.8, 4) is 0 Å². The van der Waals surface area contributed by atoms with E-state index < -0.39 is 30.3 Å². The highest BCUT2D eigenvalue weighted by molar-refractivity contribution is 5.48. The third kappa shape index (κ3) is 7.54. The quantitative estimate of drug-likeness (QED) is 0.156. The summed E-state index contributed by atoms with van der Waals surface area (Å²) < 4.78 is 0. The minimum atomic E-state index is -1.67. The lowest BCUT2D eigenvalue weighted by Gasteiger charge is -2.50. The predicted molar refractivity (Wildman–Crippen MR) is 166 cm³/mol. The molecule has 0 aromatic heterocycles. The molecule has 5 heteroatoms. The number of nitrogens with two attached hydrogens (primary N) is 1. The maximum atomic E-state index is 12.7. The third-order valence-electron chi connectivity index (χ3n) is 8.67. The first kappa shape index (κ1) is 34.4. The topological polar surface area (TPSA) is 107 Å². The number of aliphatic hydroxyl groups is 4. The van der Waals surface area contributed by atoms with Gasteiger partial charge in [-0.25, -0.2) is 0 Å². The number of rotatable bonds is 15. The molecule has 5 nitrogen and oxygen atoms in total. The van der Waals surface area contributed by atoms with Crippen molar-refractivity contribution in [2.75, 3.05) is 13.2 Å². The maximum Gasteiger partial charge on any atom is 0.102 e. The van der Waals surface area contributed by atoms with E-state index in [4.69, 9.17) is 5.73 Å². The van der Waals surface area contributed by atoms with Crippen molar-refractivity contribution in [3.63, 3.8) is 0 Å². The van der Waals surface area contributed by atoms with E-state index in [0.29, 0.717) is 24.1 Å². The summed E-state index contributed by atoms with van der Waals surface area (Å²) in [7, 11) is 0. The first-order valence-electron chi connectivity index (χ1n) is 15.3. The second kappa shape index (κ2) is 14.4. The molecule has 2 unspecified atom stereocenters. The summed E-state index contributed by atoms with van der Waals surface area (Å²) in [5.74, 6) is 0. The van der Waals surface area contributed by atoms with Crippen LogP contribution in [0.4, 0.5) is 0 Å². The Balaban J connectivity index is 2.74. The summed E-state index contributed by atoms with van der Waals surface area (Å²) in [5, 5.41) is 47.3. The zero-order chi connectivity index (χ0) is 30.2. The summed E-state index contributed by atoms with van der Waals surface area (Å²) in [5.41, 5.74) is 6.10. The van der Waals surface area contributed by atoms with Gasteiger partial charge in [0.05, 0.1) is 24.7 Å². The highest BCUT2D eigenvalue weighted by atomic mass is 16.3. The average Bonchev–Trinajstić information content (AvgIpc) is 2.92. The Kier molecular flexibility index (Phi) is 12.4. The molecule has 0 aliphatic heterocycles. The van der Waals surface area contributed by atoms with Crippen LogP contribution >= 0.6 is 0 Å². The molecule has 0 fully saturated rings. The molecule has 2 aromatic rings. The lowest BCUT2D eigenvalue weighted by Crippen LogP contribution is -2.55. The number of unbranched alkanes of at least 4 members (excludes halogenated alkanes) is 6. The van der Waals surface area contributed by atoms with Crippen LogP contribution in [0.5, 0.6) is 0 Å². The number of benzene rings is 2. The minimum Gasteiger partial charge on any atom is -0.395 e. The summed E-state index contributed by atoms with van der Waals surface area (Å²) >= 11 is 0. The van der Waals surface area contributed by atoms with E-state index in [2.05, 4.69) is 48.5 Å². The number of hydrogen-bond acceptors (Lipinski definition) is 5. The molecule has 0 heterocycles. The Labute approximate surface area is 243 Å². The van der Waals surface area contributed by atoms with Gasteiger partial charge in [0, 0.05) is 6.54 Å². The molecule has 2 rings (SSSR count). The van der Waals surface area contributed by atoms with Crippen molar-refractivity contribution in [3.05, 3.63) is 70.3 Å². The Morgan fingerprint density at radius 2 is 1.23 bits per heavy atom. The van der Waals surface area contributed by atoms with Gasteiger partial charge >= 0.3 is 0 Å². The number of aliphatic hydroxyl groups excluding tert-OH is 3. The maximum absolute atomic E-state index is 12.7. The Bertz CT molecular complexity index is 999. The van der Waals surface area contributed by atoms with Crippen molar-refractivity contribution < 1.29 is 20.4 Å². The van der Waals surface area contributed by atoms with Gasteiger partial charge in [0.15, 0.2) is 0 Å². The van der Waals surface area contributed by atoms with E-state index in [-0.39, 0.29) is 10.8 Å². The van der Waals surface area contributed by atoms with Crippen molar-refractivity contribution in [1.82, 2.24) is 0 Å². The molecule has 0 radical (unpaired) electrons. The molecule has 0 amide bonds. The van der Waals surface area contributed by atoms with Crippen molar-refractivity contribution >= 4 is 0 Å². The molecule has 2 atom stereocenters. The molecule has 0 aliphatic rings. The molecule has 0 spiro atoms. The van der Waals surface area contributed by atoms with Crippen LogP contribution in [0.3, 0.4) is 0 Å². The highest BCUT2D eigenvalue weighted by Gasteiger charge is 2.56. The SMILES string of the molecule is CCCCCCCCCC(O)(c1ccccc1)C(CO)(CO)C(O)c1c(C(C)(C)C)cc(CN)cc1C(C)(C)C. The van der Waals surface area contributed by atoms with Crippen LogP contribution in [0.15, 0.2) is 42.5 Å². The zero-order valence-electron chi connectivity index (χ0n) is 26.3. The molecule has 2 aromatic carbocycles. The second-order valence-electron chi connectivity index (χ2n) is 13.8. The van der Waals surface area contributed by atoms with Gasteiger partial charge in [0.2, 0.25) is 0 Å². The first-order chi connectivity index (χ1) is 18.7. The molecular formula is C35H57NO4. The lowest BCUT2D eigenvalue weighted by atomic mass is 9.60. The predicted octanol–water partition coefficient (Wildman–Crippen LogP) is 6.77. The van der Waals surface area contributed by atoms with Crippen molar-refractivity contribution in [2.24, 2.45) is 11.1 Å². The fraction of sp³-hybridized carbons (Fsp3) is 0.657. The van der Waals surface area contributed by atoms with Crippen LogP contribution in [-0.2, 0) is 23.0 Å². The van der Waals surface area contributed by atoms with Crippen LogP contribution in [0.1, 0.15) is 134 Å². The van der Waals surface area contributed by atoms with Crippen molar-refractivity contribution in [1.29, 1.82) is 0 Å². The normalized spacial score (nSPS) is 15.2. The van der Waals surface area contributed by atoms with E-state index in [1.54, 1.807) is 0 Å². The zero-order valence-corrected chi connectivity index (χ0v) is 26.3. The van der Waals surface area contributed by atoms with Gasteiger partial charge < -0.3 is 26.2 Å². The van der Waals surface area contributed by atoms with Gasteiger partial charge in [-0.1, -0.05) is 136 Å². The Hall–Kier alpha value is -1.76. The van der Waals surface area contributed by atoms with Crippen LogP contribution in [0.2, 0.25) is 0 Å². The Morgan fingerprint density at radius 3 is 1.65 bits per heavy atom. The monoisotopic (exact) mass is 555 g/mol. The van der Waals surface area contributed by atoms with Gasteiger partial charge in [-0.3, -0.25) is 0 Å². The lowest BCUT2D eigenvalue weighted by molar-refractivity contribution is -0.197. The molecule has 226 valence electrons. The van der Waals surface area contributed by atoms with Crippen LogP contribution in [0, 0.1) is 5.41 Å². The average molecular weight is 556 g/mol. The van der Waals surface area contributed by atoms with Crippen LogP contribution in [-0.4, -0.2) is 33.6 Å². The van der Waals surface area contributed by atoms with Gasteiger partial charge in [-0.15, -0.1) is 0 Å². The van der Waals surface area contributed by atoms with Crippen LogP contribution < -0.4 is 5.73 Å². The molecule has 0 saturated carbocycles.